The molecule has 4 aromatic rings. The molecule has 0 aliphatic carbocycles. The zero-order valence-corrected chi connectivity index (χ0v) is 19.5. The van der Waals surface area contributed by atoms with Crippen molar-refractivity contribution in [2.45, 2.75) is 20.8 Å². The van der Waals surface area contributed by atoms with E-state index in [0.717, 1.165) is 27.6 Å². The summed E-state index contributed by atoms with van der Waals surface area (Å²) >= 11 is 6.07. The van der Waals surface area contributed by atoms with E-state index in [2.05, 4.69) is 0 Å². The van der Waals surface area contributed by atoms with Crippen molar-refractivity contribution in [1.29, 1.82) is 0 Å². The average molecular weight is 460 g/mol. The summed E-state index contributed by atoms with van der Waals surface area (Å²) < 4.78 is 10.4. The number of nitrogens with zero attached hydrogens (tertiary/aromatic N) is 1. The monoisotopic (exact) mass is 459 g/mol. The Labute approximate surface area is 196 Å². The molecule has 0 bridgehead atoms. The standard InChI is InChI=1S/C27H22ClNO4/c1-15-13-16(2)24-22(14-15)23(17(3)25(29-24)18-5-9-20(28)10-6-18)27(31)33-21-11-7-19(8-12-21)26(30)32-4/h5-14H,1-4H3. The van der Waals surface area contributed by atoms with Gasteiger partial charge in [0.2, 0.25) is 0 Å². The third-order valence-corrected chi connectivity index (χ3v) is 5.73. The number of esters is 2. The molecule has 4 rings (SSSR count). The first kappa shape index (κ1) is 22.5. The number of halogens is 1. The van der Waals surface area contributed by atoms with Crippen LogP contribution < -0.4 is 4.74 Å². The number of methoxy groups -OCH3 is 1. The Morgan fingerprint density at radius 3 is 2.18 bits per heavy atom. The second-order valence-electron chi connectivity index (χ2n) is 7.85. The molecule has 1 heterocycles. The molecule has 0 saturated carbocycles. The first-order valence-electron chi connectivity index (χ1n) is 10.4. The van der Waals surface area contributed by atoms with Crippen LogP contribution in [0.3, 0.4) is 0 Å². The third kappa shape index (κ3) is 4.45. The first-order chi connectivity index (χ1) is 15.8. The maximum Gasteiger partial charge on any atom is 0.344 e. The second kappa shape index (κ2) is 9.04. The van der Waals surface area contributed by atoms with E-state index in [1.807, 2.05) is 45.0 Å². The first-order valence-corrected chi connectivity index (χ1v) is 10.7. The van der Waals surface area contributed by atoms with Gasteiger partial charge < -0.3 is 9.47 Å². The van der Waals surface area contributed by atoms with Crippen molar-refractivity contribution in [2.75, 3.05) is 7.11 Å². The van der Waals surface area contributed by atoms with Crippen molar-refractivity contribution >= 4 is 34.4 Å². The number of hydrogen-bond donors (Lipinski definition) is 0. The van der Waals surface area contributed by atoms with E-state index in [0.29, 0.717) is 33.2 Å². The predicted molar refractivity (Wildman–Crippen MR) is 129 cm³/mol. The molecule has 3 aromatic carbocycles. The maximum atomic E-state index is 13.4. The zero-order chi connectivity index (χ0) is 23.7. The van der Waals surface area contributed by atoms with Crippen molar-refractivity contribution in [1.82, 2.24) is 4.98 Å². The number of fused-ring (bicyclic) bond motifs is 1. The van der Waals surface area contributed by atoms with Gasteiger partial charge in [0.25, 0.3) is 0 Å². The number of ether oxygens (including phenoxy) is 2. The molecule has 0 radical (unpaired) electrons. The van der Waals surface area contributed by atoms with Crippen LogP contribution in [0.25, 0.3) is 22.2 Å². The van der Waals surface area contributed by atoms with Gasteiger partial charge in [-0.1, -0.05) is 35.4 Å². The fourth-order valence-electron chi connectivity index (χ4n) is 3.90. The highest BCUT2D eigenvalue weighted by atomic mass is 35.5. The van der Waals surface area contributed by atoms with E-state index in [4.69, 9.17) is 26.1 Å². The summed E-state index contributed by atoms with van der Waals surface area (Å²) in [6.45, 7) is 5.82. The highest BCUT2D eigenvalue weighted by Gasteiger charge is 2.22. The van der Waals surface area contributed by atoms with E-state index >= 15 is 0 Å². The summed E-state index contributed by atoms with van der Waals surface area (Å²) in [4.78, 5) is 30.0. The number of carbonyl (C=O) groups is 2. The van der Waals surface area contributed by atoms with Gasteiger partial charge in [0, 0.05) is 16.0 Å². The highest BCUT2D eigenvalue weighted by Crippen LogP contribution is 2.33. The van der Waals surface area contributed by atoms with Gasteiger partial charge in [-0.25, -0.2) is 14.6 Å². The van der Waals surface area contributed by atoms with E-state index in [-0.39, 0.29) is 0 Å². The van der Waals surface area contributed by atoms with Crippen LogP contribution in [0.4, 0.5) is 0 Å². The van der Waals surface area contributed by atoms with Gasteiger partial charge in [-0.15, -0.1) is 0 Å². The predicted octanol–water partition coefficient (Wildman–Crippen LogP) is 6.49. The molecule has 6 heteroatoms. The van der Waals surface area contributed by atoms with Gasteiger partial charge in [-0.2, -0.15) is 0 Å². The summed E-state index contributed by atoms with van der Waals surface area (Å²) in [6.07, 6.45) is 0. The lowest BCUT2D eigenvalue weighted by Gasteiger charge is -2.16. The van der Waals surface area contributed by atoms with Crippen LogP contribution in [-0.4, -0.2) is 24.0 Å². The summed E-state index contributed by atoms with van der Waals surface area (Å²) in [6, 6.07) is 17.6. The summed E-state index contributed by atoms with van der Waals surface area (Å²) in [5, 5.41) is 1.36. The van der Waals surface area contributed by atoms with Crippen LogP contribution in [0.15, 0.2) is 60.7 Å². The lowest BCUT2D eigenvalue weighted by Crippen LogP contribution is -2.13. The Bertz CT molecular complexity index is 1380. The van der Waals surface area contributed by atoms with Crippen molar-refractivity contribution < 1.29 is 19.1 Å². The lowest BCUT2D eigenvalue weighted by molar-refractivity contribution is 0.0600. The Morgan fingerprint density at radius 1 is 0.879 bits per heavy atom. The smallest absolute Gasteiger partial charge is 0.344 e. The number of benzene rings is 3. The summed E-state index contributed by atoms with van der Waals surface area (Å²) in [7, 11) is 1.32. The molecule has 1 aromatic heterocycles. The van der Waals surface area contributed by atoms with Crippen LogP contribution in [0, 0.1) is 20.8 Å². The van der Waals surface area contributed by atoms with Crippen molar-refractivity contribution in [3.05, 3.63) is 93.5 Å². The van der Waals surface area contributed by atoms with E-state index in [9.17, 15) is 9.59 Å². The topological polar surface area (TPSA) is 65.5 Å². The molecule has 166 valence electrons. The third-order valence-electron chi connectivity index (χ3n) is 5.48. The maximum absolute atomic E-state index is 13.4. The molecule has 0 aliphatic heterocycles. The molecule has 0 N–H and O–H groups in total. The number of pyridine rings is 1. The number of rotatable bonds is 4. The normalized spacial score (nSPS) is 10.8. The number of hydrogen-bond acceptors (Lipinski definition) is 5. The minimum absolute atomic E-state index is 0.328. The van der Waals surface area contributed by atoms with Gasteiger partial charge in [-0.05, 0) is 74.4 Å². The molecule has 0 spiro atoms. The van der Waals surface area contributed by atoms with Crippen LogP contribution in [-0.2, 0) is 4.74 Å². The molecular formula is C27H22ClNO4. The van der Waals surface area contributed by atoms with E-state index in [1.165, 1.54) is 7.11 Å². The highest BCUT2D eigenvalue weighted by molar-refractivity contribution is 6.30. The Balaban J connectivity index is 1.84. The van der Waals surface area contributed by atoms with Gasteiger partial charge in [-0.3, -0.25) is 0 Å². The van der Waals surface area contributed by atoms with Gasteiger partial charge in [0.05, 0.1) is 29.4 Å². The Kier molecular flexibility index (Phi) is 6.16. The van der Waals surface area contributed by atoms with Crippen molar-refractivity contribution in [2.24, 2.45) is 0 Å². The largest absolute Gasteiger partial charge is 0.465 e. The van der Waals surface area contributed by atoms with Gasteiger partial charge in [0.1, 0.15) is 5.75 Å². The lowest BCUT2D eigenvalue weighted by atomic mass is 9.95. The van der Waals surface area contributed by atoms with Crippen LogP contribution in [0.5, 0.6) is 5.75 Å². The molecule has 33 heavy (non-hydrogen) atoms. The minimum atomic E-state index is -0.495. The minimum Gasteiger partial charge on any atom is -0.465 e. The number of carbonyl (C=O) groups excluding carboxylic acids is 2. The molecule has 0 atom stereocenters. The van der Waals surface area contributed by atoms with Gasteiger partial charge >= 0.3 is 11.9 Å². The SMILES string of the molecule is COC(=O)c1ccc(OC(=O)c2c(C)c(-c3ccc(Cl)cc3)nc3c(C)cc(C)cc23)cc1. The fourth-order valence-corrected chi connectivity index (χ4v) is 4.03. The van der Waals surface area contributed by atoms with Crippen LogP contribution in [0.2, 0.25) is 5.02 Å². The Morgan fingerprint density at radius 2 is 1.55 bits per heavy atom. The average Bonchev–Trinajstić information content (AvgIpc) is 2.79. The molecule has 5 nitrogen and oxygen atoms in total. The number of aryl methyl sites for hydroxylation is 2. The molecular weight excluding hydrogens is 438 g/mol. The molecule has 0 saturated heterocycles. The second-order valence-corrected chi connectivity index (χ2v) is 8.29. The molecule has 0 amide bonds. The molecule has 0 aliphatic rings. The van der Waals surface area contributed by atoms with Crippen molar-refractivity contribution in [3.8, 4) is 17.0 Å². The summed E-state index contributed by atoms with van der Waals surface area (Å²) in [5.74, 6) is -0.622. The van der Waals surface area contributed by atoms with E-state index < -0.39 is 11.9 Å². The zero-order valence-electron chi connectivity index (χ0n) is 18.7. The fraction of sp³-hybridized carbons (Fsp3) is 0.148. The number of aromatic nitrogens is 1. The summed E-state index contributed by atoms with van der Waals surface area (Å²) in [5.41, 5.74) is 5.83. The van der Waals surface area contributed by atoms with Crippen LogP contribution >= 0.6 is 11.6 Å². The van der Waals surface area contributed by atoms with Gasteiger partial charge in [0.15, 0.2) is 0 Å². The Hall–Kier alpha value is -3.70. The van der Waals surface area contributed by atoms with Crippen molar-refractivity contribution in [3.63, 3.8) is 0 Å². The van der Waals surface area contributed by atoms with E-state index in [1.54, 1.807) is 36.4 Å². The molecule has 0 unspecified atom stereocenters. The quantitative estimate of drug-likeness (QED) is 0.258. The van der Waals surface area contributed by atoms with Crippen LogP contribution in [0.1, 0.15) is 37.4 Å². The molecule has 0 fully saturated rings.